The number of aliphatic hydroxyl groups excluding tert-OH is 3. The molecule has 9 nitrogen and oxygen atoms in total. The van der Waals surface area contributed by atoms with Crippen LogP contribution in [0, 0.1) is 0 Å². The zero-order valence-corrected chi connectivity index (χ0v) is 21.6. The van der Waals surface area contributed by atoms with E-state index in [0.717, 1.165) is 51.4 Å². The molecule has 0 saturated carbocycles. The Morgan fingerprint density at radius 2 is 1.03 bits per heavy atom. The van der Waals surface area contributed by atoms with Gasteiger partial charge in [0.1, 0.15) is 0 Å². The fourth-order valence-electron chi connectivity index (χ4n) is 3.32. The van der Waals surface area contributed by atoms with Crippen molar-refractivity contribution in [2.45, 2.75) is 89.9 Å². The van der Waals surface area contributed by atoms with E-state index in [1.807, 2.05) is 0 Å². The maximum Gasteiger partial charge on any atom is 0.303 e. The summed E-state index contributed by atoms with van der Waals surface area (Å²) in [5, 5.41) is 34.0. The van der Waals surface area contributed by atoms with Crippen LogP contribution in [0.1, 0.15) is 89.9 Å². The topological polar surface area (TPSA) is 156 Å². The first-order valence-corrected chi connectivity index (χ1v) is 14.2. The number of nitrogens with zero attached hydrogens (tertiary/aromatic N) is 1. The van der Waals surface area contributed by atoms with Crippen LogP contribution in [-0.4, -0.2) is 89.5 Å². The lowest BCUT2D eigenvalue weighted by molar-refractivity contribution is -0.137. The maximum absolute atomic E-state index is 10.5. The average Bonchev–Trinajstić information content (AvgIpc) is 2.76. The predicted molar refractivity (Wildman–Crippen MR) is 136 cm³/mol. The maximum atomic E-state index is 10.5. The van der Waals surface area contributed by atoms with E-state index in [1.54, 1.807) is 4.90 Å². The highest BCUT2D eigenvalue weighted by Crippen LogP contribution is 2.10. The molecule has 10 heteroatoms. The van der Waals surface area contributed by atoms with E-state index in [1.165, 1.54) is 25.7 Å². The fraction of sp³-hybridized carbons (Fsp3) is 0.875. The summed E-state index contributed by atoms with van der Waals surface area (Å²) in [6.07, 6.45) is 18.2. The molecule has 0 aliphatic carbocycles. The van der Waals surface area contributed by atoms with Gasteiger partial charge in [-0.1, -0.05) is 57.1 Å². The van der Waals surface area contributed by atoms with Gasteiger partial charge in [0.15, 0.2) is 0 Å². The third-order valence-electron chi connectivity index (χ3n) is 5.20. The minimum atomic E-state index is -3.78. The van der Waals surface area contributed by atoms with Crippen LogP contribution < -0.4 is 0 Å². The summed E-state index contributed by atoms with van der Waals surface area (Å²) in [5.74, 6) is -0.814. The summed E-state index contributed by atoms with van der Waals surface area (Å²) >= 11 is 0. The molecule has 0 atom stereocenters. The number of carboxylic acids is 1. The van der Waals surface area contributed by atoms with Crippen molar-refractivity contribution in [3.63, 3.8) is 0 Å². The van der Waals surface area contributed by atoms with Gasteiger partial charge < -0.3 is 20.4 Å². The van der Waals surface area contributed by atoms with Crippen LogP contribution in [0.25, 0.3) is 0 Å². The van der Waals surface area contributed by atoms with Gasteiger partial charge in [-0.05, 0) is 38.5 Å². The van der Waals surface area contributed by atoms with E-state index >= 15 is 0 Å². The highest BCUT2D eigenvalue weighted by atomic mass is 32.2. The van der Waals surface area contributed by atoms with Crippen molar-refractivity contribution in [1.29, 1.82) is 0 Å². The van der Waals surface area contributed by atoms with E-state index in [-0.39, 0.29) is 25.6 Å². The molecule has 0 aromatic rings. The summed E-state index contributed by atoms with van der Waals surface area (Å²) in [6.45, 7) is 1.75. The molecule has 0 saturated heterocycles. The number of allylic oxidation sites excluding steroid dienone is 2. The van der Waals surface area contributed by atoms with Gasteiger partial charge in [-0.25, -0.2) is 0 Å². The van der Waals surface area contributed by atoms with Gasteiger partial charge in [0.2, 0.25) is 0 Å². The van der Waals surface area contributed by atoms with E-state index < -0.39 is 16.1 Å². The molecule has 0 aromatic carbocycles. The van der Waals surface area contributed by atoms with Crippen molar-refractivity contribution in [3.8, 4) is 0 Å². The molecule has 0 heterocycles. The third-order valence-corrected chi connectivity index (χ3v) is 6.00. The fourth-order valence-corrected chi connectivity index (χ4v) is 3.89. The third kappa shape index (κ3) is 33.1. The second-order valence-electron chi connectivity index (χ2n) is 8.38. The Kier molecular flexibility index (Phi) is 27.4. The van der Waals surface area contributed by atoms with Crippen molar-refractivity contribution >= 4 is 16.1 Å². The molecule has 5 N–H and O–H groups in total. The predicted octanol–water partition coefficient (Wildman–Crippen LogP) is 3.24. The lowest BCUT2D eigenvalue weighted by atomic mass is 10.1. The molecule has 0 radical (unpaired) electrons. The number of hydrogen-bond acceptors (Lipinski definition) is 7. The van der Waals surface area contributed by atoms with Crippen molar-refractivity contribution in [2.75, 3.05) is 45.2 Å². The summed E-state index contributed by atoms with van der Waals surface area (Å²) in [7, 11) is -3.78. The lowest BCUT2D eigenvalue weighted by Crippen LogP contribution is -2.32. The normalized spacial score (nSPS) is 11.7. The zero-order valence-electron chi connectivity index (χ0n) is 20.8. The quantitative estimate of drug-likeness (QED) is 0.0789. The van der Waals surface area contributed by atoms with E-state index in [9.17, 15) is 13.2 Å². The van der Waals surface area contributed by atoms with Gasteiger partial charge in [0, 0.05) is 26.1 Å². The number of carbonyl (C=O) groups is 1. The first-order valence-electron chi connectivity index (χ1n) is 12.6. The van der Waals surface area contributed by atoms with Crippen molar-refractivity contribution in [2.24, 2.45) is 0 Å². The Morgan fingerprint density at radius 3 is 1.41 bits per heavy atom. The summed E-state index contributed by atoms with van der Waals surface area (Å²) in [5.41, 5.74) is 0. The van der Waals surface area contributed by atoms with Crippen molar-refractivity contribution in [3.05, 3.63) is 12.2 Å². The Balaban J connectivity index is 0. The van der Waals surface area contributed by atoms with Crippen LogP contribution in [0.15, 0.2) is 12.2 Å². The van der Waals surface area contributed by atoms with Gasteiger partial charge in [0.25, 0.3) is 10.1 Å². The zero-order chi connectivity index (χ0) is 25.9. The molecule has 0 bridgehead atoms. The van der Waals surface area contributed by atoms with Crippen LogP contribution >= 0.6 is 0 Å². The van der Waals surface area contributed by atoms with Crippen LogP contribution in [0.5, 0.6) is 0 Å². The SMILES string of the molecule is O=C(O)CCCCCCCC=CCCCCCCCCS(=O)(=O)O.OCCN(CCO)CCO. The van der Waals surface area contributed by atoms with Gasteiger partial charge in [-0.3, -0.25) is 14.2 Å². The second-order valence-corrected chi connectivity index (χ2v) is 9.95. The van der Waals surface area contributed by atoms with E-state index in [4.69, 9.17) is 25.0 Å². The second kappa shape index (κ2) is 26.6. The molecule has 0 aliphatic heterocycles. The van der Waals surface area contributed by atoms with Crippen LogP contribution in [0.4, 0.5) is 0 Å². The van der Waals surface area contributed by atoms with Gasteiger partial charge in [0.05, 0.1) is 25.6 Å². The number of aliphatic hydroxyl groups is 3. The van der Waals surface area contributed by atoms with Gasteiger partial charge in [-0.2, -0.15) is 8.42 Å². The molecular formula is C24H49NO8S. The molecule has 0 unspecified atom stereocenters. The minimum Gasteiger partial charge on any atom is -0.481 e. The van der Waals surface area contributed by atoms with Crippen molar-refractivity contribution in [1.82, 2.24) is 4.90 Å². The minimum absolute atomic E-state index is 0.0694. The molecular weight excluding hydrogens is 462 g/mol. The van der Waals surface area contributed by atoms with Crippen molar-refractivity contribution < 1.29 is 38.2 Å². The smallest absolute Gasteiger partial charge is 0.303 e. The van der Waals surface area contributed by atoms with Crippen LogP contribution in [-0.2, 0) is 14.9 Å². The molecule has 0 fully saturated rings. The molecule has 34 heavy (non-hydrogen) atoms. The highest BCUT2D eigenvalue weighted by molar-refractivity contribution is 7.85. The number of rotatable bonds is 23. The molecule has 0 aliphatic rings. The summed E-state index contributed by atoms with van der Waals surface area (Å²) < 4.78 is 29.7. The van der Waals surface area contributed by atoms with Gasteiger partial charge >= 0.3 is 5.97 Å². The molecule has 0 aromatic heterocycles. The van der Waals surface area contributed by atoms with E-state index in [0.29, 0.717) is 32.5 Å². The Morgan fingerprint density at radius 1 is 0.647 bits per heavy atom. The Bertz CT molecular complexity index is 555. The summed E-state index contributed by atoms with van der Waals surface area (Å²) in [4.78, 5) is 12.1. The summed E-state index contributed by atoms with van der Waals surface area (Å²) in [6, 6.07) is 0. The van der Waals surface area contributed by atoms with Crippen LogP contribution in [0.2, 0.25) is 0 Å². The first-order chi connectivity index (χ1) is 16.3. The monoisotopic (exact) mass is 511 g/mol. The number of unbranched alkanes of at least 4 members (excludes halogenated alkanes) is 11. The lowest BCUT2D eigenvalue weighted by Gasteiger charge is -2.17. The number of carboxylic acid groups (broad SMARTS) is 1. The number of aliphatic carboxylic acids is 1. The molecule has 0 spiro atoms. The van der Waals surface area contributed by atoms with E-state index in [2.05, 4.69) is 12.2 Å². The Hall–Kier alpha value is -1.04. The highest BCUT2D eigenvalue weighted by Gasteiger charge is 2.03. The Labute approximate surface area is 206 Å². The molecule has 0 rings (SSSR count). The van der Waals surface area contributed by atoms with Crippen LogP contribution in [0.3, 0.4) is 0 Å². The molecule has 0 amide bonds. The average molecular weight is 512 g/mol. The first kappa shape index (κ1) is 35.1. The largest absolute Gasteiger partial charge is 0.481 e. The number of hydrogen-bond donors (Lipinski definition) is 5. The standard InChI is InChI=1S/C18H34O5S.C6H15NO3/c19-18(20)16-14-12-10-8-6-4-2-1-3-5-7-9-11-13-15-17-24(21,22)23;8-4-1-7(2-5-9)3-6-10/h1-2H,3-17H2,(H,19,20)(H,21,22,23);8-10H,1-6H2. The molecule has 204 valence electrons. The van der Waals surface area contributed by atoms with Gasteiger partial charge in [-0.15, -0.1) is 0 Å².